The van der Waals surface area contributed by atoms with Gasteiger partial charge in [0.2, 0.25) is 0 Å². The molecule has 0 bridgehead atoms. The number of unbranched alkanes of at least 4 members (excludes halogenated alkanes) is 30. The summed E-state index contributed by atoms with van der Waals surface area (Å²) in [6.07, 6.45) is 50.8. The van der Waals surface area contributed by atoms with Crippen LogP contribution >= 0.6 is 7.82 Å². The number of hydrogen-bond donors (Lipinski definition) is 1. The van der Waals surface area contributed by atoms with E-state index in [9.17, 15) is 19.0 Å². The number of phosphoric ester groups is 1. The van der Waals surface area contributed by atoms with Gasteiger partial charge in [0, 0.05) is 19.4 Å². The number of hydrogen-bond acceptors (Lipinski definition) is 8. The van der Waals surface area contributed by atoms with E-state index in [1.807, 2.05) is 19.0 Å². The highest BCUT2D eigenvalue weighted by Gasteiger charge is 2.26. The van der Waals surface area contributed by atoms with E-state index < -0.39 is 26.5 Å². The van der Waals surface area contributed by atoms with Crippen LogP contribution in [0, 0.1) is 0 Å². The Bertz CT molecular complexity index is 1070. The first-order valence-electron chi connectivity index (χ1n) is 25.6. The number of rotatable bonds is 48. The molecule has 0 aliphatic heterocycles. The number of ether oxygens (including phenoxy) is 2. The lowest BCUT2D eigenvalue weighted by Crippen LogP contribution is -2.29. The Balaban J connectivity index is 4.17. The summed E-state index contributed by atoms with van der Waals surface area (Å²) in [6, 6.07) is 0. The molecule has 0 saturated carbocycles. The van der Waals surface area contributed by atoms with Crippen LogP contribution in [0.5, 0.6) is 0 Å². The average molecular weight is 884 g/mol. The molecule has 0 aromatic carbocycles. The second-order valence-electron chi connectivity index (χ2n) is 17.7. The third-order valence-corrected chi connectivity index (χ3v) is 12.2. The molecule has 1 N–H and O–H groups in total. The summed E-state index contributed by atoms with van der Waals surface area (Å²) < 4.78 is 33.6. The smallest absolute Gasteiger partial charge is 0.462 e. The minimum Gasteiger partial charge on any atom is -0.462 e. The SMILES string of the molecule is CCCCCCCC/C=C\CCCCCCCCCCCC(=O)OCC(COP(=O)(O)OCCN(C)C)OC(=O)CCCCCCCCCCC/C=C\CCCCCCCC. The van der Waals surface area contributed by atoms with E-state index >= 15 is 0 Å². The maximum atomic E-state index is 12.7. The molecule has 2 atom stereocenters. The van der Waals surface area contributed by atoms with Gasteiger partial charge in [0.1, 0.15) is 6.61 Å². The highest BCUT2D eigenvalue weighted by molar-refractivity contribution is 7.47. The molecule has 0 fully saturated rings. The molecule has 2 unspecified atom stereocenters. The Morgan fingerprint density at radius 1 is 0.492 bits per heavy atom. The summed E-state index contributed by atoms with van der Waals surface area (Å²) in [7, 11) is -0.708. The molecule has 61 heavy (non-hydrogen) atoms. The van der Waals surface area contributed by atoms with Gasteiger partial charge in [-0.25, -0.2) is 4.57 Å². The lowest BCUT2D eigenvalue weighted by Gasteiger charge is -2.20. The van der Waals surface area contributed by atoms with Crippen LogP contribution in [0.15, 0.2) is 24.3 Å². The number of esters is 2. The number of allylic oxidation sites excluding steroid dienone is 4. The summed E-state index contributed by atoms with van der Waals surface area (Å²) in [6.45, 7) is 4.35. The highest BCUT2D eigenvalue weighted by Crippen LogP contribution is 2.43. The number of phosphoric acid groups is 1. The monoisotopic (exact) mass is 884 g/mol. The predicted molar refractivity (Wildman–Crippen MR) is 257 cm³/mol. The number of carbonyl (C=O) groups excluding carboxylic acids is 2. The second-order valence-corrected chi connectivity index (χ2v) is 19.1. The summed E-state index contributed by atoms with van der Waals surface area (Å²) in [5.41, 5.74) is 0. The molecule has 0 saturated heterocycles. The fourth-order valence-electron chi connectivity index (χ4n) is 7.27. The molecule has 0 aromatic rings. The molecule has 0 amide bonds. The van der Waals surface area contributed by atoms with Crippen molar-refractivity contribution in [1.29, 1.82) is 0 Å². The number of likely N-dealkylation sites (N-methyl/N-ethyl adjacent to an activating group) is 1. The Hall–Kier alpha value is -1.51. The van der Waals surface area contributed by atoms with Gasteiger partial charge >= 0.3 is 19.8 Å². The van der Waals surface area contributed by atoms with Crippen LogP contribution in [0.2, 0.25) is 0 Å². The quantitative estimate of drug-likeness (QED) is 0.0276. The van der Waals surface area contributed by atoms with Gasteiger partial charge in [0.05, 0.1) is 13.2 Å². The molecule has 0 rings (SSSR count). The van der Waals surface area contributed by atoms with Crippen LogP contribution in [0.25, 0.3) is 0 Å². The third-order valence-electron chi connectivity index (χ3n) is 11.2. The van der Waals surface area contributed by atoms with Crippen molar-refractivity contribution in [3.05, 3.63) is 24.3 Å². The molecule has 360 valence electrons. The maximum Gasteiger partial charge on any atom is 0.472 e. The van der Waals surface area contributed by atoms with Crippen molar-refractivity contribution in [1.82, 2.24) is 4.90 Å². The van der Waals surface area contributed by atoms with Gasteiger partial charge in [-0.15, -0.1) is 0 Å². The molecule has 0 spiro atoms. The Morgan fingerprint density at radius 3 is 1.21 bits per heavy atom. The van der Waals surface area contributed by atoms with E-state index in [0.29, 0.717) is 13.0 Å². The molecular weight excluding hydrogens is 786 g/mol. The van der Waals surface area contributed by atoms with E-state index in [2.05, 4.69) is 38.2 Å². The van der Waals surface area contributed by atoms with Crippen molar-refractivity contribution in [3.63, 3.8) is 0 Å². The van der Waals surface area contributed by atoms with Gasteiger partial charge in [0.25, 0.3) is 0 Å². The van der Waals surface area contributed by atoms with Crippen LogP contribution in [-0.4, -0.2) is 68.3 Å². The molecule has 9 nitrogen and oxygen atoms in total. The van der Waals surface area contributed by atoms with Gasteiger partial charge in [-0.3, -0.25) is 18.6 Å². The number of nitrogens with zero attached hydrogens (tertiary/aromatic N) is 1. The third kappa shape index (κ3) is 47.8. The first-order valence-corrected chi connectivity index (χ1v) is 27.1. The van der Waals surface area contributed by atoms with Crippen LogP contribution in [0.1, 0.15) is 245 Å². The highest BCUT2D eigenvalue weighted by atomic mass is 31.2. The van der Waals surface area contributed by atoms with Crippen molar-refractivity contribution < 1.29 is 37.6 Å². The van der Waals surface area contributed by atoms with E-state index in [1.165, 1.54) is 173 Å². The first-order chi connectivity index (χ1) is 29.7. The van der Waals surface area contributed by atoms with Crippen molar-refractivity contribution in [2.45, 2.75) is 251 Å². The van der Waals surface area contributed by atoms with E-state index in [4.69, 9.17) is 18.5 Å². The standard InChI is InChI=1S/C51H98NO8P/c1-5-7-9-11-13-15-17-19-21-23-25-27-29-31-33-35-37-39-41-43-50(53)57-47-49(48-59-61(55,56)58-46-45-52(3)4)60-51(54)44-42-40-38-36-34-32-30-28-26-24-22-20-18-16-14-12-10-8-6-2/h19-22,49H,5-18,23-48H2,1-4H3,(H,55,56)/b21-19-,22-20-. The maximum absolute atomic E-state index is 12.7. The van der Waals surface area contributed by atoms with Crippen molar-refractivity contribution >= 4 is 19.8 Å². The fourth-order valence-corrected chi connectivity index (χ4v) is 8.01. The molecule has 0 aromatic heterocycles. The Labute approximate surface area is 376 Å². The average Bonchev–Trinajstić information content (AvgIpc) is 3.23. The topological polar surface area (TPSA) is 112 Å². The minimum atomic E-state index is -4.37. The van der Waals surface area contributed by atoms with Gasteiger partial charge in [-0.2, -0.15) is 0 Å². The van der Waals surface area contributed by atoms with E-state index in [-0.39, 0.29) is 32.0 Å². The van der Waals surface area contributed by atoms with Crippen LogP contribution in [0.4, 0.5) is 0 Å². The predicted octanol–water partition coefficient (Wildman–Crippen LogP) is 15.3. The van der Waals surface area contributed by atoms with E-state index in [1.54, 1.807) is 0 Å². The van der Waals surface area contributed by atoms with Crippen LogP contribution in [-0.2, 0) is 32.7 Å². The molecule has 10 heteroatoms. The van der Waals surface area contributed by atoms with E-state index in [0.717, 1.165) is 38.5 Å². The molecule has 0 aliphatic carbocycles. The zero-order chi connectivity index (χ0) is 44.8. The Morgan fingerprint density at radius 2 is 0.836 bits per heavy atom. The zero-order valence-corrected chi connectivity index (χ0v) is 41.3. The summed E-state index contributed by atoms with van der Waals surface area (Å²) in [4.78, 5) is 37.2. The van der Waals surface area contributed by atoms with Crippen LogP contribution < -0.4 is 0 Å². The number of carbonyl (C=O) groups is 2. The normalized spacial score (nSPS) is 13.4. The van der Waals surface area contributed by atoms with Crippen molar-refractivity contribution in [3.8, 4) is 0 Å². The molecule has 0 heterocycles. The van der Waals surface area contributed by atoms with Crippen molar-refractivity contribution in [2.75, 3.05) is 40.5 Å². The van der Waals surface area contributed by atoms with Gasteiger partial charge in [-0.05, 0) is 78.3 Å². The van der Waals surface area contributed by atoms with Crippen molar-refractivity contribution in [2.24, 2.45) is 0 Å². The van der Waals surface area contributed by atoms with Gasteiger partial charge in [0.15, 0.2) is 6.10 Å². The fraction of sp³-hybridized carbons (Fsp3) is 0.882. The Kier molecular flexibility index (Phi) is 45.3. The summed E-state index contributed by atoms with van der Waals surface area (Å²) in [5, 5.41) is 0. The second kappa shape index (κ2) is 46.5. The largest absolute Gasteiger partial charge is 0.472 e. The van der Waals surface area contributed by atoms with Gasteiger partial charge < -0.3 is 19.3 Å². The zero-order valence-electron chi connectivity index (χ0n) is 40.4. The minimum absolute atomic E-state index is 0.00840. The molecule has 0 radical (unpaired) electrons. The lowest BCUT2D eigenvalue weighted by molar-refractivity contribution is -0.161. The summed E-state index contributed by atoms with van der Waals surface area (Å²) >= 11 is 0. The van der Waals surface area contributed by atoms with Crippen LogP contribution in [0.3, 0.4) is 0 Å². The molecular formula is C51H98NO8P. The van der Waals surface area contributed by atoms with Gasteiger partial charge in [-0.1, -0.05) is 192 Å². The summed E-state index contributed by atoms with van der Waals surface area (Å²) in [5.74, 6) is -0.797. The lowest BCUT2D eigenvalue weighted by atomic mass is 10.1. The molecule has 0 aliphatic rings. The first kappa shape index (κ1) is 59.5.